The molecule has 0 saturated carbocycles. The molecular weight excluding hydrogens is 280 g/mol. The summed E-state index contributed by atoms with van der Waals surface area (Å²) < 4.78 is 2.20. The summed E-state index contributed by atoms with van der Waals surface area (Å²) in [4.78, 5) is 7.23. The highest BCUT2D eigenvalue weighted by Gasteiger charge is 2.12. The maximum absolute atomic E-state index is 4.78. The summed E-state index contributed by atoms with van der Waals surface area (Å²) in [5, 5.41) is 4.58. The molecule has 0 fully saturated rings. The largest absolute Gasteiger partial charge is 0.311 e. The minimum atomic E-state index is 0.870. The Kier molecular flexibility index (Phi) is 6.54. The third kappa shape index (κ3) is 4.22. The van der Waals surface area contributed by atoms with E-state index in [-0.39, 0.29) is 0 Å². The average Bonchev–Trinajstić information content (AvgIpc) is 2.87. The van der Waals surface area contributed by atoms with E-state index in [9.17, 15) is 0 Å². The van der Waals surface area contributed by atoms with Gasteiger partial charge in [0, 0.05) is 25.0 Å². The van der Waals surface area contributed by atoms with Gasteiger partial charge in [-0.05, 0) is 31.8 Å². The quantitative estimate of drug-likeness (QED) is 0.722. The first kappa shape index (κ1) is 16.3. The molecule has 0 aliphatic carbocycles. The zero-order valence-corrected chi connectivity index (χ0v) is 14.1. The Morgan fingerprint density at radius 3 is 2.76 bits per heavy atom. The van der Waals surface area contributed by atoms with Crippen LogP contribution >= 0.6 is 11.8 Å². The van der Waals surface area contributed by atoms with Crippen LogP contribution in [0.4, 0.5) is 0 Å². The molecule has 0 aliphatic rings. The first-order chi connectivity index (χ1) is 10.3. The van der Waals surface area contributed by atoms with Gasteiger partial charge in [-0.25, -0.2) is 4.98 Å². The lowest BCUT2D eigenvalue weighted by Crippen LogP contribution is -2.25. The number of imidazole rings is 1. The number of aromatic nitrogens is 2. The fourth-order valence-electron chi connectivity index (χ4n) is 2.36. The van der Waals surface area contributed by atoms with E-state index >= 15 is 0 Å². The van der Waals surface area contributed by atoms with Crippen LogP contribution in [0.1, 0.15) is 26.5 Å². The van der Waals surface area contributed by atoms with Crippen molar-refractivity contribution < 1.29 is 0 Å². The van der Waals surface area contributed by atoms with Crippen molar-refractivity contribution in [3.63, 3.8) is 0 Å². The molecule has 1 N–H and O–H groups in total. The number of nitrogens with one attached hydrogen (secondary N) is 1. The van der Waals surface area contributed by atoms with Crippen molar-refractivity contribution >= 4 is 17.4 Å². The van der Waals surface area contributed by atoms with Crippen molar-refractivity contribution in [2.24, 2.45) is 0 Å². The van der Waals surface area contributed by atoms with Gasteiger partial charge in [-0.2, -0.15) is 0 Å². The van der Waals surface area contributed by atoms with Gasteiger partial charge in [-0.15, -0.1) is 11.8 Å². The van der Waals surface area contributed by atoms with Crippen molar-refractivity contribution in [2.75, 3.05) is 31.9 Å². The normalized spacial score (nSPS) is 11.6. The van der Waals surface area contributed by atoms with Crippen LogP contribution in [0.2, 0.25) is 0 Å². The molecule has 0 amide bonds. The molecule has 0 aliphatic heterocycles. The fourth-order valence-corrected chi connectivity index (χ4v) is 3.39. The lowest BCUT2D eigenvalue weighted by Gasteiger charge is -2.17. The van der Waals surface area contributed by atoms with Crippen LogP contribution in [0.3, 0.4) is 0 Å². The molecule has 0 unspecified atom stereocenters. The third-order valence-electron chi connectivity index (χ3n) is 3.68. The van der Waals surface area contributed by atoms with E-state index in [2.05, 4.69) is 53.7 Å². The molecule has 2 aromatic heterocycles. The van der Waals surface area contributed by atoms with Crippen LogP contribution in [0.15, 0.2) is 29.4 Å². The molecule has 0 saturated heterocycles. The van der Waals surface area contributed by atoms with Crippen molar-refractivity contribution in [3.8, 4) is 0 Å². The van der Waals surface area contributed by atoms with Gasteiger partial charge in [0.05, 0.1) is 5.69 Å². The van der Waals surface area contributed by atoms with Gasteiger partial charge in [-0.1, -0.05) is 26.8 Å². The Morgan fingerprint density at radius 1 is 1.24 bits per heavy atom. The first-order valence-corrected chi connectivity index (χ1v) is 8.80. The summed E-state index contributed by atoms with van der Waals surface area (Å²) in [6.07, 6.45) is 2.10. The van der Waals surface area contributed by atoms with Crippen LogP contribution in [0, 0.1) is 0 Å². The van der Waals surface area contributed by atoms with Crippen molar-refractivity contribution in [2.45, 2.75) is 32.3 Å². The first-order valence-electron chi connectivity index (χ1n) is 7.81. The molecule has 0 spiro atoms. The van der Waals surface area contributed by atoms with Gasteiger partial charge in [0.25, 0.3) is 0 Å². The van der Waals surface area contributed by atoms with Gasteiger partial charge in [0.1, 0.15) is 10.7 Å². The predicted octanol–water partition coefficient (Wildman–Crippen LogP) is 2.88. The van der Waals surface area contributed by atoms with E-state index in [0.29, 0.717) is 0 Å². The SMILES string of the molecule is CCNCc1c(SCCN(CC)CC)nc2ccccn12. The minimum Gasteiger partial charge on any atom is -0.311 e. The molecule has 0 bridgehead atoms. The summed E-state index contributed by atoms with van der Waals surface area (Å²) in [5.74, 6) is 1.09. The maximum Gasteiger partial charge on any atom is 0.138 e. The minimum absolute atomic E-state index is 0.870. The number of hydrogen-bond donors (Lipinski definition) is 1. The summed E-state index contributed by atoms with van der Waals surface area (Å²) in [6.45, 7) is 11.8. The highest BCUT2D eigenvalue weighted by Crippen LogP contribution is 2.23. The Balaban J connectivity index is 2.10. The number of hydrogen-bond acceptors (Lipinski definition) is 4. The topological polar surface area (TPSA) is 32.6 Å². The van der Waals surface area contributed by atoms with E-state index in [1.165, 1.54) is 5.69 Å². The monoisotopic (exact) mass is 306 g/mol. The Bertz CT molecular complexity index is 548. The van der Waals surface area contributed by atoms with E-state index in [1.54, 1.807) is 0 Å². The van der Waals surface area contributed by atoms with Crippen molar-refractivity contribution in [1.82, 2.24) is 19.6 Å². The van der Waals surface area contributed by atoms with E-state index < -0.39 is 0 Å². The van der Waals surface area contributed by atoms with Crippen LogP contribution in [-0.2, 0) is 6.54 Å². The zero-order valence-electron chi connectivity index (χ0n) is 13.3. The van der Waals surface area contributed by atoms with Gasteiger partial charge in [0.15, 0.2) is 0 Å². The van der Waals surface area contributed by atoms with Crippen LogP contribution in [0.25, 0.3) is 5.65 Å². The van der Waals surface area contributed by atoms with Gasteiger partial charge < -0.3 is 14.6 Å². The second-order valence-corrected chi connectivity index (χ2v) is 6.03. The summed E-state index contributed by atoms with van der Waals surface area (Å²) in [7, 11) is 0. The zero-order chi connectivity index (χ0) is 15.1. The molecule has 4 nitrogen and oxygen atoms in total. The van der Waals surface area contributed by atoms with E-state index in [0.717, 1.165) is 49.1 Å². The maximum atomic E-state index is 4.78. The second-order valence-electron chi connectivity index (χ2n) is 4.95. The summed E-state index contributed by atoms with van der Waals surface area (Å²) >= 11 is 1.87. The number of thioether (sulfide) groups is 1. The number of nitrogens with zero attached hydrogens (tertiary/aromatic N) is 3. The molecule has 2 rings (SSSR count). The molecule has 0 atom stereocenters. The molecule has 116 valence electrons. The smallest absolute Gasteiger partial charge is 0.138 e. The van der Waals surface area contributed by atoms with E-state index in [4.69, 9.17) is 4.98 Å². The molecule has 5 heteroatoms. The molecule has 0 radical (unpaired) electrons. The van der Waals surface area contributed by atoms with E-state index in [1.807, 2.05) is 17.8 Å². The highest BCUT2D eigenvalue weighted by atomic mass is 32.2. The van der Waals surface area contributed by atoms with Crippen LogP contribution < -0.4 is 5.32 Å². The Hall–Kier alpha value is -1.04. The van der Waals surface area contributed by atoms with Gasteiger partial charge >= 0.3 is 0 Å². The lowest BCUT2D eigenvalue weighted by molar-refractivity contribution is 0.324. The second kappa shape index (κ2) is 8.41. The van der Waals surface area contributed by atoms with Gasteiger partial charge in [0.2, 0.25) is 0 Å². The van der Waals surface area contributed by atoms with Crippen LogP contribution in [0.5, 0.6) is 0 Å². The molecular formula is C16H26N4S. The summed E-state index contributed by atoms with van der Waals surface area (Å²) in [5.41, 5.74) is 2.31. The predicted molar refractivity (Wildman–Crippen MR) is 91.1 cm³/mol. The number of pyridine rings is 1. The standard InChI is InChI=1S/C16H26N4S/c1-4-17-13-14-16(21-12-11-19(5-2)6-3)18-15-9-7-8-10-20(14)15/h7-10,17H,4-6,11-13H2,1-3H3. The highest BCUT2D eigenvalue weighted by molar-refractivity contribution is 7.99. The number of rotatable bonds is 9. The molecule has 0 aromatic carbocycles. The average molecular weight is 306 g/mol. The van der Waals surface area contributed by atoms with Crippen molar-refractivity contribution in [1.29, 1.82) is 0 Å². The van der Waals surface area contributed by atoms with Crippen molar-refractivity contribution in [3.05, 3.63) is 30.1 Å². The number of fused-ring (bicyclic) bond motifs is 1. The Morgan fingerprint density at radius 2 is 2.05 bits per heavy atom. The molecule has 2 aromatic rings. The fraction of sp³-hybridized carbons (Fsp3) is 0.562. The summed E-state index contributed by atoms with van der Waals surface area (Å²) in [6, 6.07) is 6.18. The molecule has 2 heterocycles. The van der Waals surface area contributed by atoms with Crippen LogP contribution in [-0.4, -0.2) is 46.2 Å². The Labute approximate surface area is 131 Å². The lowest BCUT2D eigenvalue weighted by atomic mass is 10.4. The molecule has 21 heavy (non-hydrogen) atoms. The van der Waals surface area contributed by atoms with Gasteiger partial charge in [-0.3, -0.25) is 0 Å². The third-order valence-corrected chi connectivity index (χ3v) is 4.66.